The predicted molar refractivity (Wildman–Crippen MR) is 84.0 cm³/mol. The van der Waals surface area contributed by atoms with Gasteiger partial charge >= 0.3 is 0 Å². The number of alkyl halides is 1. The van der Waals surface area contributed by atoms with Crippen LogP contribution >= 0.6 is 15.9 Å². The molecule has 1 unspecified atom stereocenters. The van der Waals surface area contributed by atoms with E-state index in [1.807, 2.05) is 18.7 Å². The fourth-order valence-electron chi connectivity index (χ4n) is 2.52. The van der Waals surface area contributed by atoms with Crippen LogP contribution in [0.4, 0.5) is 5.69 Å². The lowest BCUT2D eigenvalue weighted by molar-refractivity contribution is -0.121. The van der Waals surface area contributed by atoms with Crippen molar-refractivity contribution in [1.82, 2.24) is 0 Å². The van der Waals surface area contributed by atoms with Gasteiger partial charge in [0.15, 0.2) is 0 Å². The summed E-state index contributed by atoms with van der Waals surface area (Å²) in [6.45, 7) is 6.95. The van der Waals surface area contributed by atoms with Gasteiger partial charge in [-0.25, -0.2) is 0 Å². The molecule has 19 heavy (non-hydrogen) atoms. The maximum Gasteiger partial charge on any atom is 0.229 e. The summed E-state index contributed by atoms with van der Waals surface area (Å²) in [6.07, 6.45) is 3.18. The average Bonchev–Trinajstić information content (AvgIpc) is 2.80. The molecule has 1 atom stereocenters. The van der Waals surface area contributed by atoms with Gasteiger partial charge in [0, 0.05) is 23.0 Å². The number of hydrogen-bond acceptors (Lipinski definition) is 1. The Bertz CT molecular complexity index is 470. The summed E-state index contributed by atoms with van der Waals surface area (Å²) in [5.41, 5.74) is 3.80. The minimum absolute atomic E-state index is 0.0673. The molecule has 1 heterocycles. The van der Waals surface area contributed by atoms with Gasteiger partial charge in [-0.15, -0.1) is 0 Å². The third-order valence-corrected chi connectivity index (χ3v) is 4.67. The number of benzene rings is 1. The van der Waals surface area contributed by atoms with Crippen LogP contribution in [0.2, 0.25) is 0 Å². The van der Waals surface area contributed by atoms with Crippen LogP contribution in [0, 0.1) is 5.92 Å². The molecule has 0 saturated carbocycles. The molecule has 0 bridgehead atoms. The van der Waals surface area contributed by atoms with Crippen molar-refractivity contribution in [3.8, 4) is 0 Å². The van der Waals surface area contributed by atoms with Crippen molar-refractivity contribution >= 4 is 27.5 Å². The number of rotatable bonds is 4. The van der Waals surface area contributed by atoms with E-state index in [2.05, 4.69) is 41.1 Å². The highest BCUT2D eigenvalue weighted by Crippen LogP contribution is 2.30. The predicted octanol–water partition coefficient (Wildman–Crippen LogP) is 3.95. The van der Waals surface area contributed by atoms with Crippen molar-refractivity contribution in [2.24, 2.45) is 5.92 Å². The lowest BCUT2D eigenvalue weighted by Gasteiger charge is -2.19. The first-order valence-corrected chi connectivity index (χ1v) is 8.01. The first-order valence-electron chi connectivity index (χ1n) is 7.10. The molecule has 104 valence electrons. The zero-order valence-corrected chi connectivity index (χ0v) is 13.5. The van der Waals surface area contributed by atoms with E-state index in [1.165, 1.54) is 11.1 Å². The van der Waals surface area contributed by atoms with Crippen LogP contribution in [-0.2, 0) is 17.6 Å². The van der Waals surface area contributed by atoms with Crippen LogP contribution in [0.3, 0.4) is 0 Å². The molecule has 0 fully saturated rings. The van der Waals surface area contributed by atoms with Crippen LogP contribution in [0.15, 0.2) is 18.2 Å². The van der Waals surface area contributed by atoms with Crippen molar-refractivity contribution < 1.29 is 4.79 Å². The number of fused-ring (bicyclic) bond motifs is 1. The Morgan fingerprint density at radius 1 is 1.42 bits per heavy atom. The van der Waals surface area contributed by atoms with Gasteiger partial charge in [-0.2, -0.15) is 0 Å². The first kappa shape index (κ1) is 14.6. The van der Waals surface area contributed by atoms with E-state index in [-0.39, 0.29) is 11.8 Å². The lowest BCUT2D eigenvalue weighted by Crippen LogP contribution is -2.32. The van der Waals surface area contributed by atoms with Crippen molar-refractivity contribution in [1.29, 1.82) is 0 Å². The average molecular weight is 324 g/mol. The number of nitrogens with zero attached hydrogens (tertiary/aromatic N) is 1. The number of halogens is 1. The molecule has 0 aromatic heterocycles. The molecular formula is C16H22BrNO. The molecule has 2 rings (SSSR count). The molecule has 0 saturated heterocycles. The van der Waals surface area contributed by atoms with E-state index in [0.29, 0.717) is 4.83 Å². The van der Waals surface area contributed by atoms with Crippen LogP contribution in [0.1, 0.15) is 38.3 Å². The van der Waals surface area contributed by atoms with E-state index in [4.69, 9.17) is 0 Å². The van der Waals surface area contributed by atoms with Gasteiger partial charge in [0.2, 0.25) is 5.91 Å². The minimum Gasteiger partial charge on any atom is -0.312 e. The smallest absolute Gasteiger partial charge is 0.229 e. The molecule has 1 aliphatic heterocycles. The summed E-state index contributed by atoms with van der Waals surface area (Å²) in [5.74, 6) is 0.302. The molecule has 0 N–H and O–H groups in total. The van der Waals surface area contributed by atoms with Gasteiger partial charge in [0.25, 0.3) is 0 Å². The summed E-state index contributed by atoms with van der Waals surface area (Å²) in [7, 11) is 0. The van der Waals surface area contributed by atoms with Gasteiger partial charge in [-0.3, -0.25) is 4.79 Å². The largest absolute Gasteiger partial charge is 0.312 e. The quantitative estimate of drug-likeness (QED) is 0.768. The maximum absolute atomic E-state index is 12.1. The number of carbonyl (C=O) groups is 1. The number of anilines is 1. The Morgan fingerprint density at radius 3 is 2.79 bits per heavy atom. The normalized spacial score (nSPS) is 15.7. The van der Waals surface area contributed by atoms with Gasteiger partial charge in [-0.1, -0.05) is 48.8 Å². The SMILES string of the molecule is CCC(Br)Cc1ccc2c(c1)CCN2C(=O)C(C)C. The van der Waals surface area contributed by atoms with Crippen molar-refractivity contribution in [3.05, 3.63) is 29.3 Å². The Balaban J connectivity index is 2.18. The molecular weight excluding hydrogens is 302 g/mol. The van der Waals surface area contributed by atoms with Crippen LogP contribution in [0.5, 0.6) is 0 Å². The fraction of sp³-hybridized carbons (Fsp3) is 0.562. The molecule has 2 nitrogen and oxygen atoms in total. The van der Waals surface area contributed by atoms with Gasteiger partial charge in [0.1, 0.15) is 0 Å². The van der Waals surface area contributed by atoms with E-state index < -0.39 is 0 Å². The molecule has 0 spiro atoms. The van der Waals surface area contributed by atoms with Crippen molar-refractivity contribution in [3.63, 3.8) is 0 Å². The summed E-state index contributed by atoms with van der Waals surface area (Å²) in [6, 6.07) is 6.55. The van der Waals surface area contributed by atoms with Gasteiger partial charge < -0.3 is 4.90 Å². The molecule has 0 radical (unpaired) electrons. The Kier molecular flexibility index (Phi) is 4.67. The van der Waals surface area contributed by atoms with E-state index in [1.54, 1.807) is 0 Å². The molecule has 0 aliphatic carbocycles. The van der Waals surface area contributed by atoms with Crippen LogP contribution in [0.25, 0.3) is 0 Å². The highest BCUT2D eigenvalue weighted by atomic mass is 79.9. The van der Waals surface area contributed by atoms with Crippen LogP contribution in [-0.4, -0.2) is 17.3 Å². The Morgan fingerprint density at radius 2 is 2.16 bits per heavy atom. The first-order chi connectivity index (χ1) is 9.02. The van der Waals surface area contributed by atoms with Crippen LogP contribution < -0.4 is 4.90 Å². The zero-order chi connectivity index (χ0) is 14.0. The molecule has 1 aromatic carbocycles. The summed E-state index contributed by atoms with van der Waals surface area (Å²) in [4.78, 5) is 14.6. The van der Waals surface area contributed by atoms with Gasteiger partial charge in [-0.05, 0) is 36.5 Å². The van der Waals surface area contributed by atoms with E-state index in [0.717, 1.165) is 31.5 Å². The van der Waals surface area contributed by atoms with E-state index >= 15 is 0 Å². The summed E-state index contributed by atoms with van der Waals surface area (Å²) in [5, 5.41) is 0. The van der Waals surface area contributed by atoms with Crippen molar-refractivity contribution in [2.45, 2.75) is 44.9 Å². The second-order valence-electron chi connectivity index (χ2n) is 5.57. The van der Waals surface area contributed by atoms with E-state index in [9.17, 15) is 4.79 Å². The fourth-order valence-corrected chi connectivity index (χ4v) is 2.90. The second-order valence-corrected chi connectivity index (χ2v) is 6.86. The molecule has 1 aliphatic rings. The summed E-state index contributed by atoms with van der Waals surface area (Å²) >= 11 is 3.68. The number of amides is 1. The summed E-state index contributed by atoms with van der Waals surface area (Å²) < 4.78 is 0. The Hall–Kier alpha value is -0.830. The third kappa shape index (κ3) is 3.19. The minimum atomic E-state index is 0.0673. The number of hydrogen-bond donors (Lipinski definition) is 0. The topological polar surface area (TPSA) is 20.3 Å². The third-order valence-electron chi connectivity index (χ3n) is 3.70. The second kappa shape index (κ2) is 6.08. The molecule has 1 amide bonds. The molecule has 3 heteroatoms. The highest BCUT2D eigenvalue weighted by molar-refractivity contribution is 9.09. The highest BCUT2D eigenvalue weighted by Gasteiger charge is 2.26. The Labute approximate surface area is 124 Å². The lowest BCUT2D eigenvalue weighted by atomic mass is 10.0. The van der Waals surface area contributed by atoms with Gasteiger partial charge in [0.05, 0.1) is 0 Å². The monoisotopic (exact) mass is 323 g/mol. The molecule has 1 aromatic rings. The zero-order valence-electron chi connectivity index (χ0n) is 11.9. The standard InChI is InChI=1S/C16H22BrNO/c1-4-14(17)10-12-5-6-15-13(9-12)7-8-18(15)16(19)11(2)3/h5-6,9,11,14H,4,7-8,10H2,1-3H3. The number of carbonyl (C=O) groups excluding carboxylic acids is 1. The van der Waals surface area contributed by atoms with Crippen molar-refractivity contribution in [2.75, 3.05) is 11.4 Å². The maximum atomic E-state index is 12.1.